The topological polar surface area (TPSA) is 162 Å². The Morgan fingerprint density at radius 1 is 0.912 bits per heavy atom. The van der Waals surface area contributed by atoms with E-state index in [4.69, 9.17) is 18.9 Å². The number of alkyl carbamates (subject to hydrolysis) is 1. The molecule has 0 spiro atoms. The first kappa shape index (κ1) is 43.9. The van der Waals surface area contributed by atoms with Crippen LogP contribution < -0.4 is 16.0 Å². The van der Waals surface area contributed by atoms with Crippen molar-refractivity contribution >= 4 is 56.9 Å². The Bertz CT molecular complexity index is 1930. The van der Waals surface area contributed by atoms with Crippen molar-refractivity contribution < 1.29 is 42.9 Å². The highest BCUT2D eigenvalue weighted by atomic mass is 28.3. The van der Waals surface area contributed by atoms with E-state index < -0.39 is 63.8 Å². The van der Waals surface area contributed by atoms with Crippen LogP contribution in [-0.4, -0.2) is 86.1 Å². The van der Waals surface area contributed by atoms with Gasteiger partial charge in [-0.05, 0) is 88.4 Å². The minimum Gasteiger partial charge on any atom is -0.450 e. The SMILES string of the molecule is CCC1(OC(=O)CNC(=O)OC(C)(C)C)C2=C(COC1CC(=O)[Si](C)(C)C)C(CC(=O)[Si](C)(C)C)C1=C(C2)NC2=Cc3cc(NC(=O)OC(C)(C)C)ccc3CN21. The first-order chi connectivity index (χ1) is 26.2. The third kappa shape index (κ3) is 10.1. The number of nitrogens with zero attached hydrogens (tertiary/aromatic N) is 1. The zero-order valence-electron chi connectivity index (χ0n) is 36.0. The van der Waals surface area contributed by atoms with Gasteiger partial charge in [0, 0.05) is 48.8 Å². The van der Waals surface area contributed by atoms with E-state index in [0.29, 0.717) is 25.1 Å². The van der Waals surface area contributed by atoms with Crippen LogP contribution in [0, 0.1) is 5.92 Å². The standard InChI is InChI=1S/C42H62N4O9Si2/c1-14-42(53-34(47)22-43-38(50)54-40(2,3)4)30-20-31-37(28(19-35(48)56(8,9)10)29(30)24-52-32(42)21-36(49)57(11,12)13)46-23-25-15-16-27(17-26(25)18-33(46)45-31)44-39(51)55-41(5,6)7/h15-18,28,32,45H,14,19-24H2,1-13H3,(H,43,50)(H,44,51). The van der Waals surface area contributed by atoms with Crippen LogP contribution in [-0.2, 0) is 39.9 Å². The summed E-state index contributed by atoms with van der Waals surface area (Å²) in [5, 5.41) is 9.32. The molecule has 0 saturated carbocycles. The summed E-state index contributed by atoms with van der Waals surface area (Å²) in [4.78, 5) is 68.9. The molecule has 0 radical (unpaired) electrons. The number of fused-ring (bicyclic) bond motifs is 3. The maximum atomic E-state index is 14.0. The molecule has 2 amide bonds. The Balaban J connectivity index is 1.54. The average molecular weight is 823 g/mol. The van der Waals surface area contributed by atoms with Crippen molar-refractivity contribution in [3.8, 4) is 0 Å². The lowest BCUT2D eigenvalue weighted by Crippen LogP contribution is -2.56. The molecular formula is C42H62N4O9Si2. The molecule has 3 heterocycles. The van der Waals surface area contributed by atoms with E-state index in [1.165, 1.54) is 0 Å². The first-order valence-electron chi connectivity index (χ1n) is 19.9. The molecule has 1 aliphatic carbocycles. The summed E-state index contributed by atoms with van der Waals surface area (Å²) in [6, 6.07) is 5.76. The van der Waals surface area contributed by atoms with Crippen LogP contribution in [0.1, 0.15) is 85.3 Å². The Morgan fingerprint density at radius 2 is 1.53 bits per heavy atom. The van der Waals surface area contributed by atoms with Crippen molar-refractivity contribution in [2.24, 2.45) is 5.92 Å². The maximum Gasteiger partial charge on any atom is 0.412 e. The number of ether oxygens (including phenoxy) is 4. The molecule has 4 aliphatic rings. The minimum atomic E-state index is -2.27. The lowest BCUT2D eigenvalue weighted by atomic mass is 9.70. The number of esters is 1. The van der Waals surface area contributed by atoms with Crippen LogP contribution >= 0.6 is 0 Å². The smallest absolute Gasteiger partial charge is 0.412 e. The number of allylic oxidation sites excluding steroid dienone is 2. The zero-order chi connectivity index (χ0) is 42.5. The van der Waals surface area contributed by atoms with E-state index in [0.717, 1.165) is 39.5 Å². The highest BCUT2D eigenvalue weighted by Gasteiger charge is 2.55. The third-order valence-corrected chi connectivity index (χ3v) is 14.3. The summed E-state index contributed by atoms with van der Waals surface area (Å²) in [6.45, 7) is 24.9. The van der Waals surface area contributed by atoms with E-state index in [9.17, 15) is 24.0 Å². The van der Waals surface area contributed by atoms with Gasteiger partial charge in [-0.15, -0.1) is 0 Å². The molecule has 5 rings (SSSR count). The molecule has 1 aromatic carbocycles. The number of amides is 2. The van der Waals surface area contributed by atoms with E-state index in [-0.39, 0.29) is 36.2 Å². The van der Waals surface area contributed by atoms with Crippen molar-refractivity contribution in [1.82, 2.24) is 15.5 Å². The highest BCUT2D eigenvalue weighted by molar-refractivity contribution is 7.03. The Labute approximate surface area is 339 Å². The molecule has 13 nitrogen and oxygen atoms in total. The van der Waals surface area contributed by atoms with Gasteiger partial charge in [0.15, 0.2) is 5.60 Å². The summed E-state index contributed by atoms with van der Waals surface area (Å²) in [5.74, 6) is -0.237. The van der Waals surface area contributed by atoms with Crippen LogP contribution in [0.5, 0.6) is 0 Å². The van der Waals surface area contributed by atoms with Gasteiger partial charge in [0.25, 0.3) is 0 Å². The molecule has 15 heteroatoms. The van der Waals surface area contributed by atoms with Gasteiger partial charge in [0.2, 0.25) is 0 Å². The molecule has 0 aromatic heterocycles. The molecule has 3 aliphatic heterocycles. The van der Waals surface area contributed by atoms with Crippen LogP contribution in [0.2, 0.25) is 39.3 Å². The number of anilines is 1. The quantitative estimate of drug-likeness (QED) is 0.0874. The van der Waals surface area contributed by atoms with Crippen LogP contribution in [0.4, 0.5) is 15.3 Å². The minimum absolute atomic E-state index is 0.0667. The molecule has 3 N–H and O–H groups in total. The van der Waals surface area contributed by atoms with Gasteiger partial charge >= 0.3 is 18.2 Å². The van der Waals surface area contributed by atoms with Gasteiger partial charge in [-0.25, -0.2) is 9.59 Å². The predicted octanol–water partition coefficient (Wildman–Crippen LogP) is 7.57. The van der Waals surface area contributed by atoms with Gasteiger partial charge in [0.05, 0.1) is 6.61 Å². The van der Waals surface area contributed by atoms with Crippen LogP contribution in [0.3, 0.4) is 0 Å². The number of rotatable bonds is 11. The monoisotopic (exact) mass is 822 g/mol. The van der Waals surface area contributed by atoms with Crippen molar-refractivity contribution in [1.29, 1.82) is 0 Å². The number of hydrogen-bond donors (Lipinski definition) is 3. The van der Waals surface area contributed by atoms with Gasteiger partial charge in [-0.1, -0.05) is 52.3 Å². The fraction of sp³-hybridized carbons (Fsp3) is 0.595. The zero-order valence-corrected chi connectivity index (χ0v) is 38.0. The number of carbonyl (C=O) groups is 5. The van der Waals surface area contributed by atoms with Gasteiger partial charge in [-0.2, -0.15) is 0 Å². The summed E-state index contributed by atoms with van der Waals surface area (Å²) < 4.78 is 24.0. The number of hydrogen-bond acceptors (Lipinski definition) is 11. The van der Waals surface area contributed by atoms with Crippen molar-refractivity contribution in [3.05, 3.63) is 57.7 Å². The number of nitrogens with one attached hydrogen (secondary N) is 3. The first-order valence-corrected chi connectivity index (χ1v) is 26.9. The normalized spacial score (nSPS) is 21.9. The summed E-state index contributed by atoms with van der Waals surface area (Å²) in [5.41, 5.74) is 3.42. The lowest BCUT2D eigenvalue weighted by Gasteiger charge is -2.49. The predicted molar refractivity (Wildman–Crippen MR) is 224 cm³/mol. The molecule has 0 fully saturated rings. The number of carbonyl (C=O) groups excluding carboxylic acids is 5. The average Bonchev–Trinajstić information content (AvgIpc) is 3.41. The second-order valence-corrected chi connectivity index (χ2v) is 29.6. The second-order valence-electron chi connectivity index (χ2n) is 19.5. The van der Waals surface area contributed by atoms with Crippen molar-refractivity contribution in [2.45, 2.75) is 143 Å². The number of benzene rings is 1. The van der Waals surface area contributed by atoms with Crippen molar-refractivity contribution in [2.75, 3.05) is 18.5 Å². The molecule has 0 bridgehead atoms. The molecule has 3 atom stereocenters. The fourth-order valence-electron chi connectivity index (χ4n) is 7.63. The van der Waals surface area contributed by atoms with E-state index in [2.05, 4.69) is 20.9 Å². The Morgan fingerprint density at radius 3 is 2.12 bits per heavy atom. The molecule has 1 aromatic rings. The summed E-state index contributed by atoms with van der Waals surface area (Å²) in [6.07, 6.45) is 0.969. The van der Waals surface area contributed by atoms with Crippen LogP contribution in [0.15, 0.2) is 46.6 Å². The van der Waals surface area contributed by atoms with Gasteiger partial charge in [0.1, 0.15) is 56.6 Å². The Kier molecular flexibility index (Phi) is 12.2. The van der Waals surface area contributed by atoms with Gasteiger partial charge < -0.3 is 44.1 Å². The molecule has 3 unspecified atom stereocenters. The molecule has 312 valence electrons. The fourth-order valence-corrected chi connectivity index (χ4v) is 9.24. The van der Waals surface area contributed by atoms with E-state index in [1.807, 2.05) is 91.3 Å². The van der Waals surface area contributed by atoms with E-state index in [1.54, 1.807) is 20.8 Å². The summed E-state index contributed by atoms with van der Waals surface area (Å²) in [7, 11) is -4.51. The van der Waals surface area contributed by atoms with Crippen molar-refractivity contribution in [3.63, 3.8) is 0 Å². The van der Waals surface area contributed by atoms with E-state index >= 15 is 0 Å². The summed E-state index contributed by atoms with van der Waals surface area (Å²) >= 11 is 0. The molecular weight excluding hydrogens is 761 g/mol. The lowest BCUT2D eigenvalue weighted by molar-refractivity contribution is -0.176. The van der Waals surface area contributed by atoms with Crippen LogP contribution in [0.25, 0.3) is 6.08 Å². The second kappa shape index (κ2) is 15.9. The maximum absolute atomic E-state index is 14.0. The molecule has 57 heavy (non-hydrogen) atoms. The Hall–Kier alpha value is -4.22. The van der Waals surface area contributed by atoms with Gasteiger partial charge in [-0.3, -0.25) is 10.1 Å². The highest BCUT2D eigenvalue weighted by Crippen LogP contribution is 2.52. The third-order valence-electron chi connectivity index (χ3n) is 10.6. The molecule has 0 saturated heterocycles. The largest absolute Gasteiger partial charge is 0.450 e.